The van der Waals surface area contributed by atoms with Gasteiger partial charge in [-0.25, -0.2) is 0 Å². The number of aliphatic carboxylic acids is 1. The molecule has 110 valence electrons. The molecular weight excluding hydrogens is 288 g/mol. The molecule has 0 amide bonds. The molecule has 2 N–H and O–H groups in total. The lowest BCUT2D eigenvalue weighted by molar-refractivity contribution is -0.140. The third kappa shape index (κ3) is 1.82. The van der Waals surface area contributed by atoms with Crippen LogP contribution in [-0.4, -0.2) is 41.1 Å². The van der Waals surface area contributed by atoms with Gasteiger partial charge in [0.2, 0.25) is 0 Å². The maximum Gasteiger partial charge on any atom is 0.311 e. The van der Waals surface area contributed by atoms with Crippen molar-refractivity contribution in [3.8, 4) is 0 Å². The zero-order chi connectivity index (χ0) is 14.7. The number of halogens is 1. The van der Waals surface area contributed by atoms with Gasteiger partial charge in [-0.2, -0.15) is 0 Å². The SMILES string of the molecule is CN1C[C@H](C(=O)O)C=C2c3cccc4c3C(C[C@H]21)C(Cl)N4. The Hall–Kier alpha value is -1.52. The van der Waals surface area contributed by atoms with Crippen LogP contribution in [0.5, 0.6) is 0 Å². The molecule has 2 heterocycles. The Morgan fingerprint density at radius 1 is 1.48 bits per heavy atom. The number of alkyl halides is 1. The van der Waals surface area contributed by atoms with Crippen LogP contribution >= 0.6 is 11.6 Å². The predicted molar refractivity (Wildman–Crippen MR) is 82.6 cm³/mol. The first-order valence-corrected chi connectivity index (χ1v) is 7.68. The van der Waals surface area contributed by atoms with E-state index in [1.54, 1.807) is 0 Å². The van der Waals surface area contributed by atoms with E-state index in [9.17, 15) is 9.90 Å². The highest BCUT2D eigenvalue weighted by molar-refractivity contribution is 6.23. The maximum atomic E-state index is 11.4. The quantitative estimate of drug-likeness (QED) is 0.618. The Balaban J connectivity index is 1.89. The number of nitrogens with zero attached hydrogens (tertiary/aromatic N) is 1. The Kier molecular flexibility index (Phi) is 2.81. The summed E-state index contributed by atoms with van der Waals surface area (Å²) >= 11 is 6.46. The predicted octanol–water partition coefficient (Wildman–Crippen LogP) is 2.56. The maximum absolute atomic E-state index is 11.4. The standard InChI is InChI=1S/C16H17ClN2O2/c1-19-7-8(16(20)21)5-10-9-3-2-4-12-14(9)11(6-13(10)19)15(17)18-12/h2-5,8,11,13,15,18H,6-7H2,1H3,(H,20,21)/t8-,11?,13-,15?/m1/s1. The Morgan fingerprint density at radius 3 is 3.05 bits per heavy atom. The number of likely N-dealkylation sites (N-methyl/N-ethyl adjacent to an activating group) is 1. The first-order valence-electron chi connectivity index (χ1n) is 7.25. The number of anilines is 1. The first kappa shape index (κ1) is 13.2. The van der Waals surface area contributed by atoms with Crippen molar-refractivity contribution >= 4 is 28.8 Å². The molecule has 1 aromatic rings. The molecule has 0 saturated carbocycles. The van der Waals surface area contributed by atoms with Crippen LogP contribution in [0.2, 0.25) is 0 Å². The van der Waals surface area contributed by atoms with Gasteiger partial charge in [-0.1, -0.05) is 29.8 Å². The van der Waals surface area contributed by atoms with Crippen LogP contribution in [0.15, 0.2) is 24.3 Å². The molecule has 4 atom stereocenters. The van der Waals surface area contributed by atoms with Crippen molar-refractivity contribution in [2.45, 2.75) is 23.9 Å². The van der Waals surface area contributed by atoms with Crippen molar-refractivity contribution in [1.29, 1.82) is 0 Å². The van der Waals surface area contributed by atoms with E-state index < -0.39 is 11.9 Å². The van der Waals surface area contributed by atoms with Gasteiger partial charge in [-0.15, -0.1) is 0 Å². The Bertz CT molecular complexity index is 658. The summed E-state index contributed by atoms with van der Waals surface area (Å²) in [6.07, 6.45) is 2.89. The fourth-order valence-corrected chi connectivity index (χ4v) is 4.34. The third-order valence-electron chi connectivity index (χ3n) is 4.99. The topological polar surface area (TPSA) is 52.6 Å². The minimum Gasteiger partial charge on any atom is -0.481 e. The molecule has 4 rings (SSSR count). The van der Waals surface area contributed by atoms with Crippen molar-refractivity contribution in [2.75, 3.05) is 18.9 Å². The van der Waals surface area contributed by atoms with Gasteiger partial charge in [0.15, 0.2) is 0 Å². The number of rotatable bonds is 1. The molecule has 1 aromatic carbocycles. The van der Waals surface area contributed by atoms with E-state index in [1.807, 2.05) is 19.2 Å². The summed E-state index contributed by atoms with van der Waals surface area (Å²) in [6.45, 7) is 0.561. The largest absolute Gasteiger partial charge is 0.481 e. The smallest absolute Gasteiger partial charge is 0.311 e. The molecule has 0 spiro atoms. The molecule has 2 unspecified atom stereocenters. The monoisotopic (exact) mass is 304 g/mol. The number of carbonyl (C=O) groups is 1. The summed E-state index contributed by atoms with van der Waals surface area (Å²) < 4.78 is 0. The van der Waals surface area contributed by atoms with Crippen molar-refractivity contribution in [2.24, 2.45) is 5.92 Å². The summed E-state index contributed by atoms with van der Waals surface area (Å²) in [4.78, 5) is 13.5. The molecule has 0 radical (unpaired) electrons. The van der Waals surface area contributed by atoms with Crippen LogP contribution in [0.25, 0.3) is 5.57 Å². The number of hydrogen-bond acceptors (Lipinski definition) is 3. The van der Waals surface area contributed by atoms with Crippen LogP contribution in [0.3, 0.4) is 0 Å². The summed E-state index contributed by atoms with van der Waals surface area (Å²) in [5.74, 6) is -0.894. The Labute approximate surface area is 128 Å². The minimum atomic E-state index is -0.754. The number of carboxylic acid groups (broad SMARTS) is 1. The lowest BCUT2D eigenvalue weighted by Crippen LogP contribution is -2.45. The number of hydrogen-bond donors (Lipinski definition) is 2. The highest BCUT2D eigenvalue weighted by Crippen LogP contribution is 2.51. The van der Waals surface area contributed by atoms with Gasteiger partial charge in [-0.05, 0) is 36.2 Å². The van der Waals surface area contributed by atoms with E-state index in [0.717, 1.165) is 17.7 Å². The second-order valence-electron chi connectivity index (χ2n) is 6.18. The van der Waals surface area contributed by atoms with E-state index in [0.29, 0.717) is 12.5 Å². The first-order chi connectivity index (χ1) is 10.1. The summed E-state index contributed by atoms with van der Waals surface area (Å²) in [6, 6.07) is 6.42. The summed E-state index contributed by atoms with van der Waals surface area (Å²) in [5.41, 5.74) is 4.60. The van der Waals surface area contributed by atoms with Crippen molar-refractivity contribution in [3.63, 3.8) is 0 Å². The fourth-order valence-electron chi connectivity index (χ4n) is 4.00. The van der Waals surface area contributed by atoms with Crippen molar-refractivity contribution in [3.05, 3.63) is 35.4 Å². The van der Waals surface area contributed by atoms with E-state index in [1.165, 1.54) is 11.1 Å². The fraction of sp³-hybridized carbons (Fsp3) is 0.438. The van der Waals surface area contributed by atoms with E-state index in [-0.39, 0.29) is 11.5 Å². The van der Waals surface area contributed by atoms with Gasteiger partial charge in [-0.3, -0.25) is 9.69 Å². The van der Waals surface area contributed by atoms with Gasteiger partial charge in [0.1, 0.15) is 5.50 Å². The zero-order valence-electron chi connectivity index (χ0n) is 11.7. The van der Waals surface area contributed by atoms with E-state index >= 15 is 0 Å². The zero-order valence-corrected chi connectivity index (χ0v) is 12.5. The minimum absolute atomic E-state index is 0.0757. The second-order valence-corrected chi connectivity index (χ2v) is 6.65. The molecule has 3 aliphatic rings. The van der Waals surface area contributed by atoms with Crippen LogP contribution in [0.1, 0.15) is 23.5 Å². The number of nitrogens with one attached hydrogen (secondary N) is 1. The summed E-state index contributed by atoms with van der Waals surface area (Å²) in [7, 11) is 2.01. The molecule has 21 heavy (non-hydrogen) atoms. The number of benzene rings is 1. The normalized spacial score (nSPS) is 33.7. The van der Waals surface area contributed by atoms with Gasteiger partial charge in [0, 0.05) is 24.2 Å². The Morgan fingerprint density at radius 2 is 2.29 bits per heavy atom. The van der Waals surface area contributed by atoms with Crippen LogP contribution in [0, 0.1) is 5.92 Å². The molecule has 0 fully saturated rings. The van der Waals surface area contributed by atoms with E-state index in [2.05, 4.69) is 22.3 Å². The van der Waals surface area contributed by atoms with Crippen LogP contribution in [-0.2, 0) is 4.79 Å². The van der Waals surface area contributed by atoms with Crippen LogP contribution < -0.4 is 5.32 Å². The molecule has 0 saturated heterocycles. The molecule has 0 bridgehead atoms. The van der Waals surface area contributed by atoms with Gasteiger partial charge < -0.3 is 10.4 Å². The average molecular weight is 305 g/mol. The van der Waals surface area contributed by atoms with E-state index in [4.69, 9.17) is 11.6 Å². The van der Waals surface area contributed by atoms with Crippen molar-refractivity contribution < 1.29 is 9.90 Å². The van der Waals surface area contributed by atoms with Gasteiger partial charge in [0.25, 0.3) is 0 Å². The van der Waals surface area contributed by atoms with Gasteiger partial charge >= 0.3 is 5.97 Å². The number of fused-ring (bicyclic) bond motifs is 2. The molecule has 5 heteroatoms. The molecule has 1 aliphatic carbocycles. The lowest BCUT2D eigenvalue weighted by atomic mass is 9.74. The number of carboxylic acids is 1. The second kappa shape index (κ2) is 4.49. The van der Waals surface area contributed by atoms with Gasteiger partial charge in [0.05, 0.1) is 5.92 Å². The average Bonchev–Trinajstić information content (AvgIpc) is 2.77. The van der Waals surface area contributed by atoms with Crippen molar-refractivity contribution in [1.82, 2.24) is 4.90 Å². The highest BCUT2D eigenvalue weighted by Gasteiger charge is 2.43. The lowest BCUT2D eigenvalue weighted by Gasteiger charge is -2.41. The van der Waals surface area contributed by atoms with Crippen LogP contribution in [0.4, 0.5) is 5.69 Å². The molecule has 2 aliphatic heterocycles. The highest BCUT2D eigenvalue weighted by atomic mass is 35.5. The third-order valence-corrected chi connectivity index (χ3v) is 5.40. The summed E-state index contributed by atoms with van der Waals surface area (Å²) in [5, 5.41) is 12.7. The molecule has 4 nitrogen and oxygen atoms in total. The molecule has 0 aromatic heterocycles. The molecular formula is C16H17ClN2O2.